The fraction of sp³-hybridized carbons (Fsp3) is 0.269. The first-order chi connectivity index (χ1) is 13.6. The Hall–Kier alpha value is -2.87. The summed E-state index contributed by atoms with van der Waals surface area (Å²) in [5.74, 6) is 0.299. The van der Waals surface area contributed by atoms with Crippen molar-refractivity contribution in [2.75, 3.05) is 0 Å². The summed E-state index contributed by atoms with van der Waals surface area (Å²) >= 11 is 0. The van der Waals surface area contributed by atoms with Crippen molar-refractivity contribution < 1.29 is 5.11 Å². The van der Waals surface area contributed by atoms with Gasteiger partial charge in [-0.05, 0) is 37.0 Å². The molecule has 2 nitrogen and oxygen atoms in total. The summed E-state index contributed by atoms with van der Waals surface area (Å²) in [6.45, 7) is 6.46. The maximum absolute atomic E-state index is 11.2. The van der Waals surface area contributed by atoms with Crippen LogP contribution in [0.15, 0.2) is 83.9 Å². The first-order valence-electron chi connectivity index (χ1n) is 10.1. The maximum Gasteiger partial charge on any atom is 0.128 e. The molecule has 3 aromatic carbocycles. The molecule has 0 fully saturated rings. The van der Waals surface area contributed by atoms with Crippen molar-refractivity contribution in [3.8, 4) is 5.75 Å². The van der Waals surface area contributed by atoms with Crippen LogP contribution in [0.1, 0.15) is 55.9 Å². The van der Waals surface area contributed by atoms with Gasteiger partial charge in [0.05, 0.1) is 0 Å². The van der Waals surface area contributed by atoms with E-state index in [1.165, 1.54) is 0 Å². The van der Waals surface area contributed by atoms with Crippen molar-refractivity contribution in [1.82, 2.24) is 0 Å². The Bertz CT molecular complexity index is 872. The van der Waals surface area contributed by atoms with Crippen molar-refractivity contribution in [2.45, 2.75) is 45.1 Å². The van der Waals surface area contributed by atoms with Crippen LogP contribution in [-0.2, 0) is 5.41 Å². The molecular weight excluding hydrogens is 342 g/mol. The van der Waals surface area contributed by atoms with E-state index in [2.05, 4.69) is 50.0 Å². The number of hydrogen-bond donors (Lipinski definition) is 1. The zero-order chi connectivity index (χ0) is 20.0. The lowest BCUT2D eigenvalue weighted by atomic mass is 9.70. The van der Waals surface area contributed by atoms with Crippen LogP contribution in [-0.4, -0.2) is 17.4 Å². The van der Waals surface area contributed by atoms with E-state index in [0.29, 0.717) is 5.75 Å². The Kier molecular flexibility index (Phi) is 6.30. The van der Waals surface area contributed by atoms with Crippen molar-refractivity contribution >= 4 is 6.21 Å². The van der Waals surface area contributed by atoms with Gasteiger partial charge in [-0.15, -0.1) is 0 Å². The number of benzene rings is 3. The molecule has 0 saturated heterocycles. The third-order valence-electron chi connectivity index (χ3n) is 5.68. The highest BCUT2D eigenvalue weighted by molar-refractivity contribution is 5.85. The SMILES string of the molecule is CCC(CC)N=Cc1cccc(C(C)(c2ccccc2)c2ccccc2)c1O. The predicted molar refractivity (Wildman–Crippen MR) is 119 cm³/mol. The molecule has 0 aliphatic carbocycles. The van der Waals surface area contributed by atoms with Crippen LogP contribution in [0.5, 0.6) is 5.75 Å². The number of phenols is 1. The predicted octanol–water partition coefficient (Wildman–Crippen LogP) is 6.35. The molecule has 0 bridgehead atoms. The number of phenolic OH excluding ortho intramolecular Hbond substituents is 1. The normalized spacial score (nSPS) is 12.0. The molecule has 0 aliphatic rings. The van der Waals surface area contributed by atoms with Gasteiger partial charge in [-0.1, -0.05) is 86.6 Å². The lowest BCUT2D eigenvalue weighted by Gasteiger charge is -2.32. The highest BCUT2D eigenvalue weighted by atomic mass is 16.3. The van der Waals surface area contributed by atoms with Crippen molar-refractivity contribution in [3.05, 3.63) is 101 Å². The summed E-state index contributed by atoms with van der Waals surface area (Å²) < 4.78 is 0. The molecule has 0 heterocycles. The van der Waals surface area contributed by atoms with Crippen LogP contribution in [0.25, 0.3) is 0 Å². The fourth-order valence-corrected chi connectivity index (χ4v) is 3.77. The Morgan fingerprint density at radius 3 is 1.86 bits per heavy atom. The fourth-order valence-electron chi connectivity index (χ4n) is 3.77. The van der Waals surface area contributed by atoms with Crippen LogP contribution in [0.3, 0.4) is 0 Å². The van der Waals surface area contributed by atoms with Gasteiger partial charge < -0.3 is 5.11 Å². The number of para-hydroxylation sites is 1. The molecule has 28 heavy (non-hydrogen) atoms. The minimum Gasteiger partial charge on any atom is -0.507 e. The second-order valence-corrected chi connectivity index (χ2v) is 7.35. The second kappa shape index (κ2) is 8.88. The molecule has 0 atom stereocenters. The number of aliphatic imine (C=N–C) groups is 1. The molecule has 144 valence electrons. The van der Waals surface area contributed by atoms with Crippen molar-refractivity contribution in [1.29, 1.82) is 0 Å². The maximum atomic E-state index is 11.2. The number of aromatic hydroxyl groups is 1. The zero-order valence-electron chi connectivity index (χ0n) is 17.0. The van der Waals surface area contributed by atoms with Gasteiger partial charge in [0.1, 0.15) is 5.75 Å². The van der Waals surface area contributed by atoms with E-state index in [1.807, 2.05) is 60.8 Å². The standard InChI is InChI=1S/C26H29NO/c1-4-23(5-2)27-19-20-13-12-18-24(25(20)28)26(3,21-14-8-6-9-15-21)22-16-10-7-11-17-22/h6-19,23,28H,4-5H2,1-3H3. The molecule has 3 rings (SSSR count). The van der Waals surface area contributed by atoms with E-state index in [1.54, 1.807) is 0 Å². The molecular formula is C26H29NO. The third kappa shape index (κ3) is 3.87. The van der Waals surface area contributed by atoms with E-state index in [9.17, 15) is 5.11 Å². The molecule has 0 aromatic heterocycles. The van der Waals surface area contributed by atoms with Crippen LogP contribution in [0.4, 0.5) is 0 Å². The molecule has 0 spiro atoms. The van der Waals surface area contributed by atoms with E-state index >= 15 is 0 Å². The molecule has 3 aromatic rings. The van der Waals surface area contributed by atoms with E-state index in [0.717, 1.165) is 35.1 Å². The van der Waals surface area contributed by atoms with E-state index < -0.39 is 5.41 Å². The summed E-state index contributed by atoms with van der Waals surface area (Å²) in [5.41, 5.74) is 3.47. The number of rotatable bonds is 7. The van der Waals surface area contributed by atoms with Gasteiger partial charge in [0.25, 0.3) is 0 Å². The minimum absolute atomic E-state index is 0.290. The smallest absolute Gasteiger partial charge is 0.128 e. The Morgan fingerprint density at radius 1 is 0.821 bits per heavy atom. The summed E-state index contributed by atoms with van der Waals surface area (Å²) in [6.07, 6.45) is 3.82. The van der Waals surface area contributed by atoms with Crippen molar-refractivity contribution in [3.63, 3.8) is 0 Å². The first kappa shape index (κ1) is 19.9. The van der Waals surface area contributed by atoms with Crippen LogP contribution in [0, 0.1) is 0 Å². The van der Waals surface area contributed by atoms with Crippen molar-refractivity contribution in [2.24, 2.45) is 4.99 Å². The third-order valence-corrected chi connectivity index (χ3v) is 5.68. The summed E-state index contributed by atoms with van der Waals surface area (Å²) in [4.78, 5) is 4.68. The highest BCUT2D eigenvalue weighted by Crippen LogP contribution is 2.43. The van der Waals surface area contributed by atoms with Gasteiger partial charge in [0.2, 0.25) is 0 Å². The number of hydrogen-bond acceptors (Lipinski definition) is 2. The molecule has 2 heteroatoms. The van der Waals surface area contributed by atoms with E-state index in [-0.39, 0.29) is 6.04 Å². The summed E-state index contributed by atoms with van der Waals surface area (Å²) in [6, 6.07) is 27.0. The molecule has 0 unspecified atom stereocenters. The highest BCUT2D eigenvalue weighted by Gasteiger charge is 2.33. The molecule has 1 N–H and O–H groups in total. The minimum atomic E-state index is -0.467. The molecule has 0 aliphatic heterocycles. The Labute approximate surface area is 168 Å². The summed E-state index contributed by atoms with van der Waals surface area (Å²) in [5, 5.41) is 11.2. The van der Waals surface area contributed by atoms with Gasteiger partial charge in [-0.3, -0.25) is 4.99 Å². The Balaban J connectivity index is 2.16. The lowest BCUT2D eigenvalue weighted by molar-refractivity contribution is 0.456. The number of nitrogens with zero attached hydrogens (tertiary/aromatic N) is 1. The van der Waals surface area contributed by atoms with Crippen LogP contribution in [0.2, 0.25) is 0 Å². The monoisotopic (exact) mass is 371 g/mol. The van der Waals surface area contributed by atoms with Crippen LogP contribution < -0.4 is 0 Å². The van der Waals surface area contributed by atoms with Gasteiger partial charge in [0, 0.05) is 28.8 Å². The first-order valence-corrected chi connectivity index (χ1v) is 10.1. The second-order valence-electron chi connectivity index (χ2n) is 7.35. The topological polar surface area (TPSA) is 32.6 Å². The van der Waals surface area contributed by atoms with Gasteiger partial charge >= 0.3 is 0 Å². The van der Waals surface area contributed by atoms with E-state index in [4.69, 9.17) is 0 Å². The quantitative estimate of drug-likeness (QED) is 0.381. The average Bonchev–Trinajstić information content (AvgIpc) is 2.76. The van der Waals surface area contributed by atoms with Gasteiger partial charge in [-0.2, -0.15) is 0 Å². The zero-order valence-corrected chi connectivity index (χ0v) is 17.0. The summed E-state index contributed by atoms with van der Waals surface area (Å²) in [7, 11) is 0. The molecule has 0 amide bonds. The van der Waals surface area contributed by atoms with Gasteiger partial charge in [0.15, 0.2) is 0 Å². The Morgan fingerprint density at radius 2 is 1.36 bits per heavy atom. The largest absolute Gasteiger partial charge is 0.507 e. The lowest BCUT2D eigenvalue weighted by Crippen LogP contribution is -2.25. The van der Waals surface area contributed by atoms with Gasteiger partial charge in [-0.25, -0.2) is 0 Å². The molecule has 0 saturated carbocycles. The average molecular weight is 372 g/mol. The van der Waals surface area contributed by atoms with Crippen LogP contribution >= 0.6 is 0 Å². The molecule has 0 radical (unpaired) electrons.